The first-order chi connectivity index (χ1) is 39.0. The third kappa shape index (κ3) is 65.1. The van der Waals surface area contributed by atoms with Gasteiger partial charge in [-0.15, -0.1) is 0 Å². The number of aliphatic hydroxyl groups is 2. The Morgan fingerprint density at radius 1 is 0.342 bits per heavy atom. The van der Waals surface area contributed by atoms with Crippen LogP contribution in [0.1, 0.15) is 393 Å². The monoisotopic (exact) mass is 1110 g/mol. The minimum Gasteiger partial charge on any atom is -0.466 e. The standard InChI is InChI=1S/C73H139NO5/c1-3-5-7-9-11-13-15-17-18-19-20-21-30-33-36-39-42-45-49-53-57-61-65-71(76)70(69-75)74-72(77)66-62-58-54-50-46-43-40-37-34-31-28-26-24-22-23-25-27-29-32-35-38-41-44-48-52-56-60-64-68-79-73(78)67-63-59-55-51-47-16-14-12-10-8-6-4-2/h12,14,22-23,61,65,70-71,75-76H,3-11,13,15-21,24-60,62-64,66-69H2,1-2H3,(H,74,77)/b14-12-,23-22-,65-61+. The van der Waals surface area contributed by atoms with Crippen LogP contribution in [0.15, 0.2) is 36.5 Å². The zero-order chi connectivity index (χ0) is 57.1. The van der Waals surface area contributed by atoms with Gasteiger partial charge in [0.05, 0.1) is 25.4 Å². The summed E-state index contributed by atoms with van der Waals surface area (Å²) in [5.74, 6) is -0.0584. The van der Waals surface area contributed by atoms with Crippen molar-refractivity contribution < 1.29 is 24.5 Å². The molecule has 6 heteroatoms. The smallest absolute Gasteiger partial charge is 0.305 e. The molecule has 0 heterocycles. The number of aliphatic hydroxyl groups excluding tert-OH is 2. The second kappa shape index (κ2) is 68.6. The maximum atomic E-state index is 12.5. The van der Waals surface area contributed by atoms with Crippen molar-refractivity contribution in [2.24, 2.45) is 0 Å². The van der Waals surface area contributed by atoms with Gasteiger partial charge in [-0.25, -0.2) is 0 Å². The van der Waals surface area contributed by atoms with Gasteiger partial charge < -0.3 is 20.3 Å². The minimum absolute atomic E-state index is 0.00572. The molecule has 0 aromatic carbocycles. The molecule has 0 saturated carbocycles. The Hall–Kier alpha value is -1.92. The molecule has 2 unspecified atom stereocenters. The Balaban J connectivity index is 3.41. The van der Waals surface area contributed by atoms with Gasteiger partial charge in [0, 0.05) is 12.8 Å². The fourth-order valence-electron chi connectivity index (χ4n) is 11.2. The number of amides is 1. The van der Waals surface area contributed by atoms with Gasteiger partial charge in [0.2, 0.25) is 5.91 Å². The van der Waals surface area contributed by atoms with Gasteiger partial charge in [-0.3, -0.25) is 9.59 Å². The van der Waals surface area contributed by atoms with Crippen molar-refractivity contribution in [1.29, 1.82) is 0 Å². The third-order valence-corrected chi connectivity index (χ3v) is 16.6. The fraction of sp³-hybridized carbons (Fsp3) is 0.890. The topological polar surface area (TPSA) is 95.9 Å². The normalized spacial score (nSPS) is 12.7. The summed E-state index contributed by atoms with van der Waals surface area (Å²) in [6.45, 7) is 4.91. The van der Waals surface area contributed by atoms with Crippen molar-refractivity contribution >= 4 is 11.9 Å². The first-order valence-electron chi connectivity index (χ1n) is 35.8. The van der Waals surface area contributed by atoms with E-state index in [-0.39, 0.29) is 18.5 Å². The molecule has 0 aromatic rings. The first kappa shape index (κ1) is 77.1. The molecule has 0 rings (SSSR count). The van der Waals surface area contributed by atoms with Gasteiger partial charge in [0.15, 0.2) is 0 Å². The van der Waals surface area contributed by atoms with Crippen LogP contribution < -0.4 is 5.32 Å². The van der Waals surface area contributed by atoms with Crippen molar-refractivity contribution in [1.82, 2.24) is 5.32 Å². The second-order valence-corrected chi connectivity index (χ2v) is 24.6. The van der Waals surface area contributed by atoms with Crippen LogP contribution >= 0.6 is 0 Å². The Kier molecular flexibility index (Phi) is 66.9. The number of allylic oxidation sites excluding steroid dienone is 5. The van der Waals surface area contributed by atoms with Gasteiger partial charge in [0.1, 0.15) is 0 Å². The van der Waals surface area contributed by atoms with Crippen molar-refractivity contribution in [3.05, 3.63) is 36.5 Å². The van der Waals surface area contributed by atoms with Crippen LogP contribution in [0.2, 0.25) is 0 Å². The number of nitrogens with one attached hydrogen (secondary N) is 1. The van der Waals surface area contributed by atoms with E-state index in [1.165, 1.54) is 321 Å². The average molecular weight is 1110 g/mol. The molecule has 0 radical (unpaired) electrons. The molecule has 0 aromatic heterocycles. The third-order valence-electron chi connectivity index (χ3n) is 16.6. The van der Waals surface area contributed by atoms with Crippen LogP contribution in [-0.2, 0) is 14.3 Å². The molecule has 0 aliphatic heterocycles. The first-order valence-corrected chi connectivity index (χ1v) is 35.8. The number of rotatable bonds is 67. The highest BCUT2D eigenvalue weighted by atomic mass is 16.5. The summed E-state index contributed by atoms with van der Waals surface area (Å²) in [5, 5.41) is 23.3. The van der Waals surface area contributed by atoms with Gasteiger partial charge in [-0.2, -0.15) is 0 Å². The molecule has 466 valence electrons. The highest BCUT2D eigenvalue weighted by molar-refractivity contribution is 5.76. The van der Waals surface area contributed by atoms with E-state index in [0.717, 1.165) is 44.9 Å². The van der Waals surface area contributed by atoms with Gasteiger partial charge >= 0.3 is 5.97 Å². The zero-order valence-corrected chi connectivity index (χ0v) is 53.4. The average Bonchev–Trinajstić information content (AvgIpc) is 3.45. The second-order valence-electron chi connectivity index (χ2n) is 24.6. The molecular formula is C73H139NO5. The lowest BCUT2D eigenvalue weighted by atomic mass is 10.0. The predicted molar refractivity (Wildman–Crippen MR) is 347 cm³/mol. The number of carbonyl (C=O) groups excluding carboxylic acids is 2. The van der Waals surface area contributed by atoms with Gasteiger partial charge in [-0.1, -0.05) is 333 Å². The van der Waals surface area contributed by atoms with E-state index in [1.807, 2.05) is 6.08 Å². The predicted octanol–water partition coefficient (Wildman–Crippen LogP) is 23.1. The van der Waals surface area contributed by atoms with E-state index in [1.54, 1.807) is 6.08 Å². The lowest BCUT2D eigenvalue weighted by Crippen LogP contribution is -2.45. The van der Waals surface area contributed by atoms with E-state index < -0.39 is 12.1 Å². The van der Waals surface area contributed by atoms with Crippen LogP contribution in [0.4, 0.5) is 0 Å². The summed E-state index contributed by atoms with van der Waals surface area (Å²) in [6, 6.07) is -0.629. The highest BCUT2D eigenvalue weighted by Crippen LogP contribution is 2.18. The summed E-state index contributed by atoms with van der Waals surface area (Å²) < 4.78 is 5.47. The van der Waals surface area contributed by atoms with E-state index in [4.69, 9.17) is 4.74 Å². The summed E-state index contributed by atoms with van der Waals surface area (Å²) in [5.41, 5.74) is 0. The van der Waals surface area contributed by atoms with E-state index in [2.05, 4.69) is 43.5 Å². The van der Waals surface area contributed by atoms with E-state index in [0.29, 0.717) is 19.4 Å². The Labute approximate surface area is 494 Å². The quantitative estimate of drug-likeness (QED) is 0.0320. The van der Waals surface area contributed by atoms with Crippen LogP contribution in [-0.4, -0.2) is 47.4 Å². The van der Waals surface area contributed by atoms with Gasteiger partial charge in [-0.05, 0) is 83.5 Å². The Morgan fingerprint density at radius 3 is 0.924 bits per heavy atom. The molecule has 0 bridgehead atoms. The van der Waals surface area contributed by atoms with Crippen molar-refractivity contribution in [3.63, 3.8) is 0 Å². The summed E-state index contributed by atoms with van der Waals surface area (Å²) in [6.07, 6.45) is 88.0. The Bertz CT molecular complexity index is 1280. The molecule has 0 saturated heterocycles. The van der Waals surface area contributed by atoms with Crippen molar-refractivity contribution in [2.75, 3.05) is 13.2 Å². The maximum absolute atomic E-state index is 12.5. The lowest BCUT2D eigenvalue weighted by Gasteiger charge is -2.20. The molecule has 0 fully saturated rings. The molecule has 0 aliphatic rings. The fourth-order valence-corrected chi connectivity index (χ4v) is 11.2. The molecule has 1 amide bonds. The number of ether oxygens (including phenoxy) is 1. The summed E-state index contributed by atoms with van der Waals surface area (Å²) in [7, 11) is 0. The van der Waals surface area contributed by atoms with E-state index in [9.17, 15) is 19.8 Å². The highest BCUT2D eigenvalue weighted by Gasteiger charge is 2.18. The number of carbonyl (C=O) groups is 2. The minimum atomic E-state index is -0.846. The summed E-state index contributed by atoms with van der Waals surface area (Å²) >= 11 is 0. The number of esters is 1. The molecule has 0 spiro atoms. The zero-order valence-electron chi connectivity index (χ0n) is 53.4. The van der Waals surface area contributed by atoms with E-state index >= 15 is 0 Å². The van der Waals surface area contributed by atoms with Crippen LogP contribution in [0.3, 0.4) is 0 Å². The SMILES string of the molecule is CCCCC/C=C\CCCCCCCC(=O)OCCCCCCCCCCCCCC/C=C\CCCCCCCCCCCCCCC(=O)NC(CO)C(O)/C=C/CCCCCCCCCCCCCCCCCCCCCC. The van der Waals surface area contributed by atoms with Crippen LogP contribution in [0, 0.1) is 0 Å². The van der Waals surface area contributed by atoms with Crippen molar-refractivity contribution in [2.45, 2.75) is 405 Å². The summed E-state index contributed by atoms with van der Waals surface area (Å²) in [4.78, 5) is 24.6. The number of unbranched alkanes of at least 4 members (excludes halogenated alkanes) is 52. The van der Waals surface area contributed by atoms with Crippen LogP contribution in [0.5, 0.6) is 0 Å². The molecule has 2 atom stereocenters. The molecule has 3 N–H and O–H groups in total. The molecule has 79 heavy (non-hydrogen) atoms. The molecule has 0 aliphatic carbocycles. The largest absolute Gasteiger partial charge is 0.466 e. The van der Waals surface area contributed by atoms with Gasteiger partial charge in [0.25, 0.3) is 0 Å². The van der Waals surface area contributed by atoms with Crippen LogP contribution in [0.25, 0.3) is 0 Å². The molecule has 6 nitrogen and oxygen atoms in total. The van der Waals surface area contributed by atoms with Crippen molar-refractivity contribution in [3.8, 4) is 0 Å². The maximum Gasteiger partial charge on any atom is 0.305 e. The molecular weight excluding hydrogens is 971 g/mol. The number of hydrogen-bond acceptors (Lipinski definition) is 5. The number of hydrogen-bond donors (Lipinski definition) is 3. The Morgan fingerprint density at radius 2 is 0.595 bits per heavy atom. The lowest BCUT2D eigenvalue weighted by molar-refractivity contribution is -0.143.